The molecule has 4 rings (SSSR count). The minimum Gasteiger partial charge on any atom is -0.507 e. The molecule has 0 aliphatic carbocycles. The molecule has 2 aromatic heterocycles. The Balaban J connectivity index is 1.97. The molecule has 28 heavy (non-hydrogen) atoms. The number of benzene rings is 2. The lowest BCUT2D eigenvalue weighted by Crippen LogP contribution is -1.93. The molecule has 0 unspecified atom stereocenters. The zero-order valence-corrected chi connectivity index (χ0v) is 16.7. The summed E-state index contributed by atoms with van der Waals surface area (Å²) in [7, 11) is 0. The number of aromatic nitrogens is 3. The third-order valence-electron chi connectivity index (χ3n) is 4.96. The zero-order valence-electron chi connectivity index (χ0n) is 15.9. The van der Waals surface area contributed by atoms with Gasteiger partial charge >= 0.3 is 0 Å². The smallest absolute Gasteiger partial charge is 0.139 e. The number of phenolic OH excluding ortho intramolecular Hbond substituents is 1. The summed E-state index contributed by atoms with van der Waals surface area (Å²) in [6, 6.07) is 13.5. The van der Waals surface area contributed by atoms with Gasteiger partial charge in [-0.25, -0.2) is 4.98 Å². The van der Waals surface area contributed by atoms with Crippen molar-refractivity contribution in [2.24, 2.45) is 0 Å². The molecule has 0 saturated carbocycles. The van der Waals surface area contributed by atoms with Crippen LogP contribution in [-0.2, 0) is 0 Å². The first-order valence-electron chi connectivity index (χ1n) is 9.02. The van der Waals surface area contributed by atoms with Crippen LogP contribution in [0.25, 0.3) is 33.9 Å². The molecular formula is C23H20ClN3O. The van der Waals surface area contributed by atoms with Crippen LogP contribution in [-0.4, -0.2) is 20.1 Å². The van der Waals surface area contributed by atoms with Gasteiger partial charge in [0.1, 0.15) is 11.6 Å². The minimum absolute atomic E-state index is 0.301. The van der Waals surface area contributed by atoms with Gasteiger partial charge in [0.05, 0.1) is 11.4 Å². The Morgan fingerprint density at radius 2 is 1.57 bits per heavy atom. The highest BCUT2D eigenvalue weighted by molar-refractivity contribution is 6.30. The van der Waals surface area contributed by atoms with Crippen molar-refractivity contribution < 1.29 is 5.11 Å². The van der Waals surface area contributed by atoms with Crippen molar-refractivity contribution >= 4 is 11.6 Å². The maximum Gasteiger partial charge on any atom is 0.139 e. The molecule has 0 fully saturated rings. The standard InChI is InChI=1S/C23H20ClN3O/c1-13-12-14(2)22(28)15(3)19(13)23-26-20(16-4-6-18(24)7-5-16)21(27-23)17-8-10-25-11-9-17/h4-12,28H,1-3H3,(H,26,27). The first kappa shape index (κ1) is 18.3. The van der Waals surface area contributed by atoms with E-state index in [1.165, 1.54) is 0 Å². The summed E-state index contributed by atoms with van der Waals surface area (Å²) in [5.41, 5.74) is 7.34. The van der Waals surface area contributed by atoms with Crippen LogP contribution in [0.5, 0.6) is 5.75 Å². The van der Waals surface area contributed by atoms with Gasteiger partial charge in [0.2, 0.25) is 0 Å². The van der Waals surface area contributed by atoms with Gasteiger partial charge in [0.25, 0.3) is 0 Å². The molecule has 0 radical (unpaired) electrons. The van der Waals surface area contributed by atoms with E-state index in [4.69, 9.17) is 16.6 Å². The molecule has 2 aromatic carbocycles. The largest absolute Gasteiger partial charge is 0.507 e. The quantitative estimate of drug-likeness (QED) is 0.445. The van der Waals surface area contributed by atoms with E-state index in [1.54, 1.807) is 12.4 Å². The van der Waals surface area contributed by atoms with Crippen molar-refractivity contribution in [2.75, 3.05) is 0 Å². The lowest BCUT2D eigenvalue weighted by atomic mass is 9.98. The number of pyridine rings is 1. The number of nitrogens with one attached hydrogen (secondary N) is 1. The second-order valence-corrected chi connectivity index (χ2v) is 7.35. The molecule has 0 aliphatic heterocycles. The molecule has 0 aliphatic rings. The molecule has 4 aromatic rings. The summed E-state index contributed by atoms with van der Waals surface area (Å²) < 4.78 is 0. The van der Waals surface area contributed by atoms with E-state index in [-0.39, 0.29) is 0 Å². The van der Waals surface area contributed by atoms with Crippen molar-refractivity contribution in [1.29, 1.82) is 0 Å². The third kappa shape index (κ3) is 3.16. The first-order valence-corrected chi connectivity index (χ1v) is 9.40. The Labute approximate surface area is 168 Å². The zero-order chi connectivity index (χ0) is 19.8. The Morgan fingerprint density at radius 3 is 2.25 bits per heavy atom. The number of aromatic amines is 1. The Kier molecular flexibility index (Phi) is 4.65. The van der Waals surface area contributed by atoms with E-state index in [1.807, 2.05) is 63.2 Å². The van der Waals surface area contributed by atoms with Crippen molar-refractivity contribution in [3.05, 3.63) is 76.6 Å². The van der Waals surface area contributed by atoms with Crippen molar-refractivity contribution in [3.8, 4) is 39.7 Å². The summed E-state index contributed by atoms with van der Waals surface area (Å²) in [6.45, 7) is 5.86. The van der Waals surface area contributed by atoms with E-state index < -0.39 is 0 Å². The molecule has 0 saturated heterocycles. The SMILES string of the molecule is Cc1cc(C)c(-c2nc(-c3ccncc3)c(-c3ccc(Cl)cc3)[nH]2)c(C)c1O. The number of halogens is 1. The number of aromatic hydroxyl groups is 1. The molecule has 0 spiro atoms. The number of nitrogens with zero attached hydrogens (tertiary/aromatic N) is 2. The molecule has 2 N–H and O–H groups in total. The van der Waals surface area contributed by atoms with Gasteiger partial charge in [0.15, 0.2) is 0 Å². The molecule has 140 valence electrons. The van der Waals surface area contributed by atoms with Crippen LogP contribution in [0.15, 0.2) is 54.9 Å². The molecule has 0 atom stereocenters. The fourth-order valence-electron chi connectivity index (χ4n) is 3.58. The number of aryl methyl sites for hydroxylation is 2. The summed E-state index contributed by atoms with van der Waals surface area (Å²) in [5.74, 6) is 1.03. The Bertz CT molecular complexity index is 1150. The van der Waals surface area contributed by atoms with Gasteiger partial charge in [-0.15, -0.1) is 0 Å². The summed E-state index contributed by atoms with van der Waals surface area (Å²) >= 11 is 6.07. The van der Waals surface area contributed by atoms with Crippen LogP contribution in [0.1, 0.15) is 16.7 Å². The highest BCUT2D eigenvalue weighted by Gasteiger charge is 2.19. The summed E-state index contributed by atoms with van der Waals surface area (Å²) in [6.07, 6.45) is 3.51. The normalized spacial score (nSPS) is 11.0. The molecule has 4 nitrogen and oxygen atoms in total. The van der Waals surface area contributed by atoms with Gasteiger partial charge < -0.3 is 10.1 Å². The number of hydrogen-bond acceptors (Lipinski definition) is 3. The average Bonchev–Trinajstić information content (AvgIpc) is 3.12. The highest BCUT2D eigenvalue weighted by Crippen LogP contribution is 2.38. The fourth-order valence-corrected chi connectivity index (χ4v) is 3.70. The minimum atomic E-state index is 0.301. The predicted octanol–water partition coefficient (Wildman–Crippen LogP) is 6.09. The topological polar surface area (TPSA) is 61.8 Å². The van der Waals surface area contributed by atoms with Crippen molar-refractivity contribution in [3.63, 3.8) is 0 Å². The second kappa shape index (κ2) is 7.13. The predicted molar refractivity (Wildman–Crippen MR) is 114 cm³/mol. The number of rotatable bonds is 3. The van der Waals surface area contributed by atoms with E-state index in [0.29, 0.717) is 10.8 Å². The molecular weight excluding hydrogens is 370 g/mol. The van der Waals surface area contributed by atoms with Crippen LogP contribution in [0.3, 0.4) is 0 Å². The molecule has 5 heteroatoms. The van der Waals surface area contributed by atoms with Crippen LogP contribution < -0.4 is 0 Å². The maximum absolute atomic E-state index is 10.4. The second-order valence-electron chi connectivity index (χ2n) is 6.91. The van der Waals surface area contributed by atoms with E-state index in [2.05, 4.69) is 9.97 Å². The number of hydrogen-bond donors (Lipinski definition) is 2. The van der Waals surface area contributed by atoms with E-state index in [9.17, 15) is 5.11 Å². The van der Waals surface area contributed by atoms with Gasteiger partial charge in [-0.2, -0.15) is 0 Å². The average molecular weight is 390 g/mol. The summed E-state index contributed by atoms with van der Waals surface area (Å²) in [4.78, 5) is 12.5. The Morgan fingerprint density at radius 1 is 0.893 bits per heavy atom. The van der Waals surface area contributed by atoms with E-state index in [0.717, 1.165) is 50.6 Å². The number of phenols is 1. The van der Waals surface area contributed by atoms with Crippen molar-refractivity contribution in [1.82, 2.24) is 15.0 Å². The molecule has 0 amide bonds. The summed E-state index contributed by atoms with van der Waals surface area (Å²) in [5, 5.41) is 11.1. The number of H-pyrrole nitrogens is 1. The lowest BCUT2D eigenvalue weighted by molar-refractivity contribution is 0.467. The Hall–Kier alpha value is -3.11. The van der Waals surface area contributed by atoms with Gasteiger partial charge in [-0.1, -0.05) is 29.8 Å². The molecule has 0 bridgehead atoms. The van der Waals surface area contributed by atoms with Crippen LogP contribution >= 0.6 is 11.6 Å². The van der Waals surface area contributed by atoms with Crippen LogP contribution in [0.4, 0.5) is 0 Å². The maximum atomic E-state index is 10.4. The lowest BCUT2D eigenvalue weighted by Gasteiger charge is -2.11. The third-order valence-corrected chi connectivity index (χ3v) is 5.21. The monoisotopic (exact) mass is 389 g/mol. The van der Waals surface area contributed by atoms with Gasteiger partial charge in [-0.05, 0) is 56.2 Å². The number of imidazole rings is 1. The fraction of sp³-hybridized carbons (Fsp3) is 0.130. The molecule has 2 heterocycles. The van der Waals surface area contributed by atoms with Gasteiger partial charge in [-0.3, -0.25) is 4.98 Å². The highest BCUT2D eigenvalue weighted by atomic mass is 35.5. The first-order chi connectivity index (χ1) is 13.5. The van der Waals surface area contributed by atoms with Crippen molar-refractivity contribution in [2.45, 2.75) is 20.8 Å². The van der Waals surface area contributed by atoms with E-state index >= 15 is 0 Å². The van der Waals surface area contributed by atoms with Crippen LogP contribution in [0.2, 0.25) is 5.02 Å². The van der Waals surface area contributed by atoms with Gasteiger partial charge in [0, 0.05) is 39.7 Å². The van der Waals surface area contributed by atoms with Crippen LogP contribution in [0, 0.1) is 20.8 Å².